The van der Waals surface area contributed by atoms with Crippen LogP contribution in [-0.4, -0.2) is 21.7 Å². The van der Waals surface area contributed by atoms with Crippen LogP contribution in [0, 0.1) is 0 Å². The zero-order valence-electron chi connectivity index (χ0n) is 10.7. The van der Waals surface area contributed by atoms with Crippen molar-refractivity contribution in [3.05, 3.63) is 23.2 Å². The smallest absolute Gasteiger partial charge is 0.0694 e. The van der Waals surface area contributed by atoms with Crippen LogP contribution in [0.1, 0.15) is 32.1 Å². The molecule has 0 amide bonds. The van der Waals surface area contributed by atoms with Crippen LogP contribution in [0.15, 0.2) is 23.1 Å². The summed E-state index contributed by atoms with van der Waals surface area (Å²) < 4.78 is 18.6. The lowest BCUT2D eigenvalue weighted by molar-refractivity contribution is -0.125. The molecule has 2 N–H and O–H groups in total. The molecule has 2 unspecified atom stereocenters. The van der Waals surface area contributed by atoms with E-state index in [-0.39, 0.29) is 10.9 Å². The lowest BCUT2D eigenvalue weighted by Gasteiger charge is -2.46. The highest BCUT2D eigenvalue weighted by Crippen LogP contribution is 2.44. The van der Waals surface area contributed by atoms with Crippen LogP contribution in [0.4, 0.5) is 5.69 Å². The van der Waals surface area contributed by atoms with Gasteiger partial charge in [0.15, 0.2) is 0 Å². The fourth-order valence-corrected chi connectivity index (χ4v) is 4.94. The van der Waals surface area contributed by atoms with Crippen molar-refractivity contribution in [2.45, 2.75) is 47.9 Å². The highest BCUT2D eigenvalue weighted by Gasteiger charge is 2.44. The Labute approximate surface area is 120 Å². The van der Waals surface area contributed by atoms with Crippen LogP contribution in [-0.2, 0) is 15.5 Å². The number of benzene rings is 1. The first-order chi connectivity index (χ1) is 9.10. The van der Waals surface area contributed by atoms with E-state index in [1.54, 1.807) is 18.2 Å². The van der Waals surface area contributed by atoms with E-state index >= 15 is 0 Å². The summed E-state index contributed by atoms with van der Waals surface area (Å²) >= 11 is 6.16. The molecule has 104 valence electrons. The maximum atomic E-state index is 12.7. The van der Waals surface area contributed by atoms with Crippen LogP contribution in [0.5, 0.6) is 0 Å². The number of nitrogens with two attached hydrogens (primary N) is 1. The molecule has 0 radical (unpaired) electrons. The molecule has 3 nitrogen and oxygen atoms in total. The number of hydrogen-bond acceptors (Lipinski definition) is 3. The summed E-state index contributed by atoms with van der Waals surface area (Å²) in [5, 5.41) is 0.655. The molecule has 19 heavy (non-hydrogen) atoms. The average molecular weight is 300 g/mol. The van der Waals surface area contributed by atoms with Crippen molar-refractivity contribution < 1.29 is 8.95 Å². The number of ether oxygens (including phenoxy) is 1. The largest absolute Gasteiger partial charge is 0.399 e. The van der Waals surface area contributed by atoms with Gasteiger partial charge in [0.05, 0.1) is 26.3 Å². The summed E-state index contributed by atoms with van der Waals surface area (Å²) in [5.74, 6) is 0. The zero-order chi connectivity index (χ0) is 13.5. The second-order valence-electron chi connectivity index (χ2n) is 5.49. The van der Waals surface area contributed by atoms with Gasteiger partial charge in [0.1, 0.15) is 0 Å². The van der Waals surface area contributed by atoms with Crippen molar-refractivity contribution >= 4 is 28.1 Å². The molecule has 2 fully saturated rings. The van der Waals surface area contributed by atoms with Crippen molar-refractivity contribution in [3.63, 3.8) is 0 Å². The molecule has 3 rings (SSSR count). The van der Waals surface area contributed by atoms with Crippen molar-refractivity contribution in [1.82, 2.24) is 0 Å². The lowest BCUT2D eigenvalue weighted by Crippen LogP contribution is -2.48. The summed E-state index contributed by atoms with van der Waals surface area (Å²) in [4.78, 5) is 0.706. The third kappa shape index (κ3) is 2.54. The van der Waals surface area contributed by atoms with E-state index in [0.717, 1.165) is 25.7 Å². The predicted octanol–water partition coefficient (Wildman–Crippen LogP) is 3.13. The fourth-order valence-electron chi connectivity index (χ4n) is 2.94. The number of hydrogen-bond donors (Lipinski definition) is 1. The van der Waals surface area contributed by atoms with Gasteiger partial charge in [-0.15, -0.1) is 0 Å². The average Bonchev–Trinajstić information content (AvgIpc) is 2.36. The quantitative estimate of drug-likeness (QED) is 0.854. The summed E-state index contributed by atoms with van der Waals surface area (Å²) in [5.41, 5.74) is 6.29. The Morgan fingerprint density at radius 3 is 2.84 bits per heavy atom. The van der Waals surface area contributed by atoms with E-state index in [1.165, 1.54) is 6.42 Å². The maximum Gasteiger partial charge on any atom is 0.0694 e. The second-order valence-corrected chi connectivity index (χ2v) is 7.60. The van der Waals surface area contributed by atoms with Gasteiger partial charge >= 0.3 is 0 Å². The van der Waals surface area contributed by atoms with E-state index in [2.05, 4.69) is 0 Å². The molecule has 1 aromatic carbocycles. The van der Waals surface area contributed by atoms with Gasteiger partial charge in [-0.2, -0.15) is 0 Å². The van der Waals surface area contributed by atoms with Gasteiger partial charge in [0.2, 0.25) is 0 Å². The van der Waals surface area contributed by atoms with Gasteiger partial charge in [-0.25, -0.2) is 0 Å². The SMILES string of the molecule is Nc1ccc(S(=O)C2CCOC3(CCC3)C2)c(Cl)c1. The van der Waals surface area contributed by atoms with Crippen molar-refractivity contribution in [2.24, 2.45) is 0 Å². The van der Waals surface area contributed by atoms with Crippen LogP contribution in [0.25, 0.3) is 0 Å². The third-order valence-electron chi connectivity index (χ3n) is 4.19. The molecule has 0 bridgehead atoms. The molecule has 1 heterocycles. The Morgan fingerprint density at radius 1 is 1.42 bits per heavy atom. The van der Waals surface area contributed by atoms with Gasteiger partial charge < -0.3 is 10.5 Å². The highest BCUT2D eigenvalue weighted by atomic mass is 35.5. The van der Waals surface area contributed by atoms with Gasteiger partial charge in [-0.1, -0.05) is 11.6 Å². The molecule has 5 heteroatoms. The normalized spacial score (nSPS) is 26.9. The minimum absolute atomic E-state index is 0.0128. The van der Waals surface area contributed by atoms with Crippen LogP contribution in [0.3, 0.4) is 0 Å². The van der Waals surface area contributed by atoms with E-state index < -0.39 is 10.8 Å². The van der Waals surface area contributed by atoms with Gasteiger partial charge in [-0.05, 0) is 50.3 Å². The predicted molar refractivity (Wildman–Crippen MR) is 77.8 cm³/mol. The van der Waals surface area contributed by atoms with Crippen molar-refractivity contribution in [3.8, 4) is 0 Å². The summed E-state index contributed by atoms with van der Waals surface area (Å²) in [6.07, 6.45) is 5.17. The van der Waals surface area contributed by atoms with Crippen LogP contribution < -0.4 is 5.73 Å². The fraction of sp³-hybridized carbons (Fsp3) is 0.571. The summed E-state index contributed by atoms with van der Waals surface area (Å²) in [6.45, 7) is 0.711. The van der Waals surface area contributed by atoms with Gasteiger partial charge in [-0.3, -0.25) is 4.21 Å². The monoisotopic (exact) mass is 299 g/mol. The van der Waals surface area contributed by atoms with E-state index in [1.807, 2.05) is 0 Å². The molecule has 2 aliphatic rings. The van der Waals surface area contributed by atoms with E-state index in [4.69, 9.17) is 22.1 Å². The second kappa shape index (κ2) is 5.08. The molecular weight excluding hydrogens is 282 g/mol. The molecule has 1 aromatic rings. The number of nitrogen functional groups attached to an aromatic ring is 1. The third-order valence-corrected chi connectivity index (χ3v) is 6.41. The summed E-state index contributed by atoms with van der Waals surface area (Å²) in [6, 6.07) is 5.22. The first-order valence-corrected chi connectivity index (χ1v) is 8.28. The number of rotatable bonds is 2. The molecule has 1 saturated heterocycles. The van der Waals surface area contributed by atoms with E-state index in [9.17, 15) is 4.21 Å². The molecule has 1 aliphatic heterocycles. The van der Waals surface area contributed by atoms with Crippen LogP contribution in [0.2, 0.25) is 5.02 Å². The van der Waals surface area contributed by atoms with E-state index in [0.29, 0.717) is 22.2 Å². The first-order valence-electron chi connectivity index (χ1n) is 6.69. The van der Waals surface area contributed by atoms with Gasteiger partial charge in [0, 0.05) is 17.5 Å². The topological polar surface area (TPSA) is 52.3 Å². The molecule has 1 spiro atoms. The zero-order valence-corrected chi connectivity index (χ0v) is 12.3. The molecular formula is C14H18ClNO2S. The molecule has 0 aromatic heterocycles. The van der Waals surface area contributed by atoms with Crippen LogP contribution >= 0.6 is 11.6 Å². The molecule has 1 aliphatic carbocycles. The Morgan fingerprint density at radius 2 is 2.21 bits per heavy atom. The Kier molecular flexibility index (Phi) is 3.58. The van der Waals surface area contributed by atoms with Crippen molar-refractivity contribution in [1.29, 1.82) is 0 Å². The summed E-state index contributed by atoms with van der Waals surface area (Å²) in [7, 11) is -1.07. The standard InChI is InChI=1S/C14H18ClNO2S/c15-12-8-10(16)2-3-13(12)19(17)11-4-7-18-14(9-11)5-1-6-14/h2-3,8,11H,1,4-7,9,16H2. The Bertz CT molecular complexity index is 516. The van der Waals surface area contributed by atoms with Gasteiger partial charge in [0.25, 0.3) is 0 Å². The number of anilines is 1. The molecule has 2 atom stereocenters. The maximum absolute atomic E-state index is 12.7. The Balaban J connectivity index is 1.79. The first kappa shape index (κ1) is 13.4. The molecule has 1 saturated carbocycles. The lowest BCUT2D eigenvalue weighted by atomic mass is 9.75. The minimum Gasteiger partial charge on any atom is -0.399 e. The van der Waals surface area contributed by atoms with Crippen molar-refractivity contribution in [2.75, 3.05) is 12.3 Å². The number of halogens is 1. The Hall–Kier alpha value is -0.580. The minimum atomic E-state index is -1.07. The highest BCUT2D eigenvalue weighted by molar-refractivity contribution is 7.85.